The molecular weight excluding hydrogens is 376 g/mol. The largest absolute Gasteiger partial charge is 0.493 e. The van der Waals surface area contributed by atoms with Gasteiger partial charge in [0.25, 0.3) is 0 Å². The zero-order valence-electron chi connectivity index (χ0n) is 16.2. The van der Waals surface area contributed by atoms with Crippen molar-refractivity contribution in [3.8, 4) is 11.5 Å². The minimum absolute atomic E-state index is 0.362. The highest BCUT2D eigenvalue weighted by Gasteiger charge is 2.16. The molecule has 1 heterocycles. The van der Waals surface area contributed by atoms with Gasteiger partial charge >= 0.3 is 5.97 Å². The molecule has 0 spiro atoms. The number of hydrogen-bond acceptors (Lipinski definition) is 5. The summed E-state index contributed by atoms with van der Waals surface area (Å²) < 4.78 is 10.4. The van der Waals surface area contributed by atoms with Crippen LogP contribution in [0.15, 0.2) is 48.5 Å². The Hall–Kier alpha value is -2.50. The molecule has 5 nitrogen and oxygen atoms in total. The van der Waals surface area contributed by atoms with Crippen molar-refractivity contribution in [1.82, 2.24) is 4.90 Å². The third kappa shape index (κ3) is 5.50. The average Bonchev–Trinajstić information content (AvgIpc) is 2.69. The minimum atomic E-state index is -0.362. The summed E-state index contributed by atoms with van der Waals surface area (Å²) in [6.07, 6.45) is 4.21. The Labute approximate surface area is 171 Å². The van der Waals surface area contributed by atoms with Crippen molar-refractivity contribution in [2.75, 3.05) is 44.7 Å². The summed E-state index contributed by atoms with van der Waals surface area (Å²) in [7, 11) is 1.56. The fraction of sp³-hybridized carbons (Fsp3) is 0.318. The molecule has 0 aromatic heterocycles. The highest BCUT2D eigenvalue weighted by atomic mass is 35.5. The zero-order chi connectivity index (χ0) is 19.9. The van der Waals surface area contributed by atoms with Crippen molar-refractivity contribution in [2.24, 2.45) is 0 Å². The molecule has 0 radical (unpaired) electrons. The molecule has 2 aromatic carbocycles. The molecule has 0 bridgehead atoms. The van der Waals surface area contributed by atoms with Crippen molar-refractivity contribution >= 4 is 29.3 Å². The van der Waals surface area contributed by atoms with Crippen LogP contribution in [0, 0.1) is 0 Å². The van der Waals surface area contributed by atoms with E-state index in [1.807, 2.05) is 30.3 Å². The van der Waals surface area contributed by atoms with E-state index in [1.165, 1.54) is 12.6 Å². The fourth-order valence-corrected chi connectivity index (χ4v) is 3.41. The van der Waals surface area contributed by atoms with Crippen LogP contribution < -0.4 is 14.4 Å². The van der Waals surface area contributed by atoms with Gasteiger partial charge in [0.15, 0.2) is 11.5 Å². The van der Waals surface area contributed by atoms with Crippen LogP contribution in [0.5, 0.6) is 11.5 Å². The molecule has 2 aromatic rings. The molecule has 0 unspecified atom stereocenters. The Balaban J connectivity index is 1.52. The number of ether oxygens (including phenoxy) is 2. The molecule has 1 aliphatic rings. The summed E-state index contributed by atoms with van der Waals surface area (Å²) in [4.78, 5) is 15.9. The van der Waals surface area contributed by atoms with E-state index in [4.69, 9.17) is 21.1 Å². The first-order valence-corrected chi connectivity index (χ1v) is 9.69. The van der Waals surface area contributed by atoms with Crippen molar-refractivity contribution in [2.45, 2.75) is 6.92 Å². The molecule has 148 valence electrons. The van der Waals surface area contributed by atoms with Gasteiger partial charge in [0.1, 0.15) is 0 Å². The number of hydrogen-bond donors (Lipinski definition) is 0. The number of anilines is 1. The summed E-state index contributed by atoms with van der Waals surface area (Å²) >= 11 is 6.10. The number of carbonyl (C=O) groups is 1. The van der Waals surface area contributed by atoms with E-state index < -0.39 is 0 Å². The summed E-state index contributed by atoms with van der Waals surface area (Å²) in [6.45, 7) is 6.24. The molecular formula is C22H25ClN2O3. The Morgan fingerprint density at radius 3 is 2.57 bits per heavy atom. The van der Waals surface area contributed by atoms with E-state index in [1.54, 1.807) is 13.2 Å². The quantitative estimate of drug-likeness (QED) is 0.539. The first-order valence-electron chi connectivity index (χ1n) is 9.31. The normalized spacial score (nSPS) is 15.0. The standard InChI is InChI=1S/C22H25ClN2O3/c1-17(26)28-21-9-8-18(15-22(21)27-2)5-4-10-24-11-13-25(14-12-24)20-7-3-6-19(23)16-20/h3-9,15-16H,10-14H2,1-2H3. The first-order chi connectivity index (χ1) is 13.5. The van der Waals surface area contributed by atoms with Gasteiger partial charge in [-0.2, -0.15) is 0 Å². The van der Waals surface area contributed by atoms with Gasteiger partial charge in [-0.25, -0.2) is 0 Å². The topological polar surface area (TPSA) is 42.0 Å². The summed E-state index contributed by atoms with van der Waals surface area (Å²) in [5, 5.41) is 0.776. The van der Waals surface area contributed by atoms with Crippen LogP contribution in [-0.2, 0) is 4.79 Å². The van der Waals surface area contributed by atoms with E-state index in [2.05, 4.69) is 28.0 Å². The molecule has 6 heteroatoms. The number of piperazine rings is 1. The van der Waals surface area contributed by atoms with Crippen LogP contribution in [-0.4, -0.2) is 50.7 Å². The molecule has 0 aliphatic carbocycles. The van der Waals surface area contributed by atoms with E-state index in [9.17, 15) is 4.79 Å². The molecule has 0 atom stereocenters. The van der Waals surface area contributed by atoms with Crippen LogP contribution in [0.1, 0.15) is 12.5 Å². The number of rotatable bonds is 6. The Morgan fingerprint density at radius 1 is 1.11 bits per heavy atom. The lowest BCUT2D eigenvalue weighted by atomic mass is 10.2. The molecule has 1 fully saturated rings. The number of carbonyl (C=O) groups excluding carboxylic acids is 1. The highest BCUT2D eigenvalue weighted by Crippen LogP contribution is 2.28. The van der Waals surface area contributed by atoms with Gasteiger partial charge in [0, 0.05) is 50.4 Å². The summed E-state index contributed by atoms with van der Waals surface area (Å²) in [6, 6.07) is 13.6. The zero-order valence-corrected chi connectivity index (χ0v) is 17.0. The summed E-state index contributed by atoms with van der Waals surface area (Å²) in [5.41, 5.74) is 2.19. The molecule has 1 aliphatic heterocycles. The lowest BCUT2D eigenvalue weighted by Gasteiger charge is -2.35. The summed E-state index contributed by atoms with van der Waals surface area (Å²) in [5.74, 6) is 0.621. The van der Waals surface area contributed by atoms with Crippen LogP contribution in [0.4, 0.5) is 5.69 Å². The smallest absolute Gasteiger partial charge is 0.308 e. The molecule has 0 saturated carbocycles. The lowest BCUT2D eigenvalue weighted by molar-refractivity contribution is -0.132. The van der Waals surface area contributed by atoms with E-state index in [0.717, 1.165) is 43.3 Å². The number of nitrogens with zero attached hydrogens (tertiary/aromatic N) is 2. The monoisotopic (exact) mass is 400 g/mol. The first kappa shape index (κ1) is 20.2. The van der Waals surface area contributed by atoms with Crippen molar-refractivity contribution in [1.29, 1.82) is 0 Å². The van der Waals surface area contributed by atoms with Crippen LogP contribution in [0.3, 0.4) is 0 Å². The van der Waals surface area contributed by atoms with Crippen molar-refractivity contribution < 1.29 is 14.3 Å². The fourth-order valence-electron chi connectivity index (χ4n) is 3.23. The maximum Gasteiger partial charge on any atom is 0.308 e. The Bertz CT molecular complexity index is 845. The second kappa shape index (κ2) is 9.62. The number of esters is 1. The maximum absolute atomic E-state index is 11.1. The van der Waals surface area contributed by atoms with Gasteiger partial charge in [0.05, 0.1) is 7.11 Å². The van der Waals surface area contributed by atoms with E-state index in [0.29, 0.717) is 11.5 Å². The van der Waals surface area contributed by atoms with Crippen LogP contribution >= 0.6 is 11.6 Å². The molecule has 0 N–H and O–H groups in total. The second-order valence-electron chi connectivity index (χ2n) is 6.67. The number of benzene rings is 2. The number of methoxy groups -OCH3 is 1. The van der Waals surface area contributed by atoms with Gasteiger partial charge in [0.2, 0.25) is 0 Å². The third-order valence-corrected chi connectivity index (χ3v) is 4.90. The molecule has 0 amide bonds. The Morgan fingerprint density at radius 2 is 1.89 bits per heavy atom. The highest BCUT2D eigenvalue weighted by molar-refractivity contribution is 6.30. The predicted octanol–water partition coefficient (Wildman–Crippen LogP) is 4.11. The van der Waals surface area contributed by atoms with Crippen LogP contribution in [0.2, 0.25) is 5.02 Å². The third-order valence-electron chi connectivity index (χ3n) is 4.66. The van der Waals surface area contributed by atoms with Gasteiger partial charge < -0.3 is 14.4 Å². The van der Waals surface area contributed by atoms with Gasteiger partial charge in [-0.3, -0.25) is 9.69 Å². The minimum Gasteiger partial charge on any atom is -0.493 e. The van der Waals surface area contributed by atoms with Gasteiger partial charge in [-0.05, 0) is 35.9 Å². The van der Waals surface area contributed by atoms with Crippen molar-refractivity contribution in [3.63, 3.8) is 0 Å². The molecule has 1 saturated heterocycles. The lowest BCUT2D eigenvalue weighted by Crippen LogP contribution is -2.46. The second-order valence-corrected chi connectivity index (χ2v) is 7.11. The van der Waals surface area contributed by atoms with Crippen molar-refractivity contribution in [3.05, 3.63) is 59.1 Å². The van der Waals surface area contributed by atoms with Gasteiger partial charge in [-0.15, -0.1) is 0 Å². The number of halogens is 1. The average molecular weight is 401 g/mol. The van der Waals surface area contributed by atoms with E-state index in [-0.39, 0.29) is 5.97 Å². The van der Waals surface area contributed by atoms with E-state index >= 15 is 0 Å². The van der Waals surface area contributed by atoms with Crippen LogP contribution in [0.25, 0.3) is 6.08 Å². The Kier molecular flexibility index (Phi) is 6.95. The predicted molar refractivity (Wildman–Crippen MR) is 113 cm³/mol. The maximum atomic E-state index is 11.1. The molecule has 28 heavy (non-hydrogen) atoms. The molecule has 3 rings (SSSR count). The SMILES string of the molecule is COc1cc(C=CCN2CCN(c3cccc(Cl)c3)CC2)ccc1OC(C)=O. The van der Waals surface area contributed by atoms with Gasteiger partial charge in [-0.1, -0.05) is 35.9 Å².